The average molecular weight is 321 g/mol. The van der Waals surface area contributed by atoms with E-state index in [1.165, 1.54) is 0 Å². The van der Waals surface area contributed by atoms with Crippen LogP contribution in [0, 0.1) is 11.3 Å². The Morgan fingerprint density at radius 1 is 1.38 bits per heavy atom. The Kier molecular flexibility index (Phi) is 5.39. The van der Waals surface area contributed by atoms with Gasteiger partial charge in [0.25, 0.3) is 0 Å². The zero-order valence-electron chi connectivity index (χ0n) is 13.8. The molecular formula is C20H19NO3. The molecule has 122 valence electrons. The summed E-state index contributed by atoms with van der Waals surface area (Å²) < 4.78 is 10.7. The largest absolute Gasteiger partial charge is 0.497 e. The van der Waals surface area contributed by atoms with Gasteiger partial charge in [-0.05, 0) is 42.3 Å². The highest BCUT2D eigenvalue weighted by Crippen LogP contribution is 2.39. The third-order valence-corrected chi connectivity index (χ3v) is 3.83. The maximum absolute atomic E-state index is 12.0. The van der Waals surface area contributed by atoms with Gasteiger partial charge in [0.15, 0.2) is 0 Å². The monoisotopic (exact) mass is 321 g/mol. The van der Waals surface area contributed by atoms with Crippen molar-refractivity contribution in [1.29, 1.82) is 5.26 Å². The van der Waals surface area contributed by atoms with E-state index in [-0.39, 0.29) is 5.92 Å². The number of rotatable bonds is 5. The molecule has 0 amide bonds. The summed E-state index contributed by atoms with van der Waals surface area (Å²) in [5.74, 6) is -0.152. The van der Waals surface area contributed by atoms with E-state index < -0.39 is 12.1 Å². The lowest BCUT2D eigenvalue weighted by atomic mass is 9.86. The van der Waals surface area contributed by atoms with Crippen molar-refractivity contribution in [2.75, 3.05) is 7.11 Å². The molecule has 1 aromatic carbocycles. The van der Waals surface area contributed by atoms with E-state index in [9.17, 15) is 4.79 Å². The Labute approximate surface area is 142 Å². The standard InChI is InChI=1S/C20H19NO3/c1-5-6-17(23-4)11-13(2)19-18(14(3)20(22)24-19)16-9-7-15(12-21)8-10-16/h5-11,18-19H,2-3H2,1,4H3/b6-5-,17-11+/t18-,19+/m0/s1. The maximum atomic E-state index is 12.0. The van der Waals surface area contributed by atoms with Crippen LogP contribution in [0.2, 0.25) is 0 Å². The molecule has 24 heavy (non-hydrogen) atoms. The van der Waals surface area contributed by atoms with Crippen LogP contribution in [0.1, 0.15) is 24.0 Å². The minimum absolute atomic E-state index is 0.335. The third kappa shape index (κ3) is 3.47. The fraction of sp³-hybridized carbons (Fsp3) is 0.200. The van der Waals surface area contributed by atoms with Crippen molar-refractivity contribution in [2.45, 2.75) is 18.9 Å². The number of methoxy groups -OCH3 is 1. The molecule has 0 saturated carbocycles. The van der Waals surface area contributed by atoms with Crippen LogP contribution in [0.3, 0.4) is 0 Å². The van der Waals surface area contributed by atoms with E-state index in [4.69, 9.17) is 14.7 Å². The molecule has 1 aromatic rings. The van der Waals surface area contributed by atoms with E-state index >= 15 is 0 Å². The number of carbonyl (C=O) groups is 1. The number of nitrogens with zero attached hydrogens (tertiary/aromatic N) is 1. The van der Waals surface area contributed by atoms with Crippen LogP contribution in [0.15, 0.2) is 72.6 Å². The van der Waals surface area contributed by atoms with Crippen molar-refractivity contribution in [3.8, 4) is 6.07 Å². The topological polar surface area (TPSA) is 59.3 Å². The summed E-state index contributed by atoms with van der Waals surface area (Å²) in [6, 6.07) is 9.11. The summed E-state index contributed by atoms with van der Waals surface area (Å²) in [6.07, 6.45) is 4.84. The van der Waals surface area contributed by atoms with Gasteiger partial charge in [0.1, 0.15) is 11.9 Å². The van der Waals surface area contributed by atoms with E-state index in [0.717, 1.165) is 5.56 Å². The molecule has 0 N–H and O–H groups in total. The molecule has 0 spiro atoms. The lowest BCUT2D eigenvalue weighted by Gasteiger charge is -2.19. The molecule has 4 heteroatoms. The fourth-order valence-electron chi connectivity index (χ4n) is 2.60. The molecule has 0 unspecified atom stereocenters. The molecule has 1 fully saturated rings. The first-order valence-electron chi connectivity index (χ1n) is 7.48. The Balaban J connectivity index is 2.36. The molecular weight excluding hydrogens is 302 g/mol. The van der Waals surface area contributed by atoms with E-state index in [1.807, 2.05) is 25.1 Å². The highest BCUT2D eigenvalue weighted by molar-refractivity contribution is 5.93. The number of esters is 1. The van der Waals surface area contributed by atoms with Gasteiger partial charge in [-0.1, -0.05) is 31.4 Å². The predicted octanol–water partition coefficient (Wildman–Crippen LogP) is 3.79. The number of allylic oxidation sites excluding steroid dienone is 2. The lowest BCUT2D eigenvalue weighted by Crippen LogP contribution is -2.17. The summed E-state index contributed by atoms with van der Waals surface area (Å²) in [5.41, 5.74) is 2.41. The van der Waals surface area contributed by atoms with Gasteiger partial charge < -0.3 is 9.47 Å². The number of ether oxygens (including phenoxy) is 2. The van der Waals surface area contributed by atoms with Crippen LogP contribution in [-0.4, -0.2) is 19.2 Å². The van der Waals surface area contributed by atoms with Gasteiger partial charge in [-0.25, -0.2) is 4.79 Å². The smallest absolute Gasteiger partial charge is 0.334 e. The van der Waals surface area contributed by atoms with Crippen LogP contribution in [0.5, 0.6) is 0 Å². The van der Waals surface area contributed by atoms with Crippen LogP contribution in [0.4, 0.5) is 0 Å². The van der Waals surface area contributed by atoms with Gasteiger partial charge in [0.2, 0.25) is 0 Å². The number of cyclic esters (lactones) is 1. The van der Waals surface area contributed by atoms with E-state index in [1.54, 1.807) is 31.4 Å². The van der Waals surface area contributed by atoms with Gasteiger partial charge in [-0.3, -0.25) is 0 Å². The lowest BCUT2D eigenvalue weighted by molar-refractivity contribution is -0.137. The minimum Gasteiger partial charge on any atom is -0.497 e. The first kappa shape index (κ1) is 17.3. The van der Waals surface area contributed by atoms with Crippen molar-refractivity contribution >= 4 is 5.97 Å². The van der Waals surface area contributed by atoms with Gasteiger partial charge in [-0.15, -0.1) is 0 Å². The number of benzene rings is 1. The van der Waals surface area contributed by atoms with Crippen LogP contribution in [0.25, 0.3) is 0 Å². The summed E-state index contributed by atoms with van der Waals surface area (Å²) in [7, 11) is 1.57. The van der Waals surface area contributed by atoms with Crippen molar-refractivity contribution in [3.63, 3.8) is 0 Å². The quantitative estimate of drug-likeness (QED) is 0.358. The molecule has 1 heterocycles. The fourth-order valence-corrected chi connectivity index (χ4v) is 2.60. The van der Waals surface area contributed by atoms with Crippen molar-refractivity contribution in [2.24, 2.45) is 0 Å². The second-order valence-electron chi connectivity index (χ2n) is 5.39. The highest BCUT2D eigenvalue weighted by Gasteiger charge is 2.40. The molecule has 4 nitrogen and oxygen atoms in total. The Hall–Kier alpha value is -3.06. The SMILES string of the molecule is C=C(/C=C(\C=C/C)OC)[C@H]1OC(=O)C(=C)[C@H]1c1ccc(C#N)cc1. The van der Waals surface area contributed by atoms with E-state index in [0.29, 0.717) is 22.5 Å². The molecule has 2 rings (SSSR count). The average Bonchev–Trinajstić information content (AvgIpc) is 2.90. The molecule has 1 saturated heterocycles. The number of hydrogen-bond acceptors (Lipinski definition) is 4. The Morgan fingerprint density at radius 3 is 2.58 bits per heavy atom. The van der Waals surface area contributed by atoms with Gasteiger partial charge >= 0.3 is 5.97 Å². The first-order chi connectivity index (χ1) is 11.5. The van der Waals surface area contributed by atoms with Gasteiger partial charge in [0, 0.05) is 5.57 Å². The first-order valence-corrected chi connectivity index (χ1v) is 7.48. The van der Waals surface area contributed by atoms with Crippen LogP contribution >= 0.6 is 0 Å². The molecule has 0 radical (unpaired) electrons. The van der Waals surface area contributed by atoms with E-state index in [2.05, 4.69) is 19.2 Å². The predicted molar refractivity (Wildman–Crippen MR) is 92.0 cm³/mol. The molecule has 2 atom stereocenters. The van der Waals surface area contributed by atoms with Gasteiger partial charge in [0.05, 0.1) is 24.7 Å². The maximum Gasteiger partial charge on any atom is 0.334 e. The van der Waals surface area contributed by atoms with Crippen molar-refractivity contribution in [3.05, 3.63) is 83.7 Å². The summed E-state index contributed by atoms with van der Waals surface area (Å²) in [6.45, 7) is 9.76. The zero-order valence-corrected chi connectivity index (χ0v) is 13.8. The number of carbonyl (C=O) groups excluding carboxylic acids is 1. The van der Waals surface area contributed by atoms with Crippen molar-refractivity contribution in [1.82, 2.24) is 0 Å². The molecule has 1 aliphatic heterocycles. The summed E-state index contributed by atoms with van der Waals surface area (Å²) in [5, 5.41) is 8.92. The number of hydrogen-bond donors (Lipinski definition) is 0. The van der Waals surface area contributed by atoms with Gasteiger partial charge in [-0.2, -0.15) is 5.26 Å². The Morgan fingerprint density at radius 2 is 2.04 bits per heavy atom. The summed E-state index contributed by atoms with van der Waals surface area (Å²) >= 11 is 0. The molecule has 0 aliphatic carbocycles. The molecule has 0 aromatic heterocycles. The Bertz CT molecular complexity index is 763. The minimum atomic E-state index is -0.548. The molecule has 1 aliphatic rings. The number of nitriles is 1. The van der Waals surface area contributed by atoms with Crippen molar-refractivity contribution < 1.29 is 14.3 Å². The third-order valence-electron chi connectivity index (χ3n) is 3.83. The zero-order chi connectivity index (χ0) is 17.7. The summed E-state index contributed by atoms with van der Waals surface area (Å²) in [4.78, 5) is 12.0. The molecule has 0 bridgehead atoms. The van der Waals surface area contributed by atoms with Crippen LogP contribution in [-0.2, 0) is 14.3 Å². The highest BCUT2D eigenvalue weighted by atomic mass is 16.6. The second-order valence-corrected chi connectivity index (χ2v) is 5.39. The van der Waals surface area contributed by atoms with Crippen LogP contribution < -0.4 is 0 Å². The normalized spacial score (nSPS) is 20.8. The second kappa shape index (κ2) is 7.47.